The number of aromatic nitrogens is 1. The summed E-state index contributed by atoms with van der Waals surface area (Å²) in [4.78, 5) is 10.1. The molecule has 4 heteroatoms. The fourth-order valence-corrected chi connectivity index (χ4v) is 7.87. The topological polar surface area (TPSA) is 32.5 Å². The van der Waals surface area contributed by atoms with E-state index in [1.54, 1.807) is 0 Å². The molecule has 0 N–H and O–H groups in total. The molecule has 39 heavy (non-hydrogen) atoms. The van der Waals surface area contributed by atoms with E-state index in [0.717, 1.165) is 64.0 Å². The van der Waals surface area contributed by atoms with Crippen LogP contribution in [0.15, 0.2) is 96.1 Å². The van der Waals surface area contributed by atoms with E-state index in [0.29, 0.717) is 0 Å². The quantitative estimate of drug-likeness (QED) is 0.219. The fraction of sp³-hybridized carbons (Fsp3) is 0.286. The summed E-state index contributed by atoms with van der Waals surface area (Å²) in [7, 11) is 0. The first-order chi connectivity index (χ1) is 19.0. The molecule has 4 heterocycles. The molecule has 0 saturated carbocycles. The zero-order valence-corrected chi connectivity index (χ0v) is 23.2. The minimum atomic E-state index is -0.111. The molecule has 2 aromatic heterocycles. The molecule has 0 amide bonds. The molecular weight excluding hydrogens is 478 g/mol. The van der Waals surface area contributed by atoms with Crippen molar-refractivity contribution in [3.8, 4) is 0 Å². The number of pyridine rings is 1. The van der Waals surface area contributed by atoms with Gasteiger partial charge in [0.15, 0.2) is 5.82 Å². The number of aryl methyl sites for hydroxylation is 1. The van der Waals surface area contributed by atoms with Crippen LogP contribution in [-0.2, 0) is 5.41 Å². The monoisotopic (exact) mass is 513 g/mol. The summed E-state index contributed by atoms with van der Waals surface area (Å²) in [6.07, 6.45) is 7.06. The van der Waals surface area contributed by atoms with Crippen LogP contribution in [0.25, 0.3) is 21.9 Å². The smallest absolute Gasteiger partial charge is 0.158 e. The van der Waals surface area contributed by atoms with Gasteiger partial charge in [-0.2, -0.15) is 0 Å². The Balaban J connectivity index is 1.55. The van der Waals surface area contributed by atoms with Gasteiger partial charge in [-0.1, -0.05) is 63.2 Å². The third-order valence-corrected chi connectivity index (χ3v) is 9.94. The van der Waals surface area contributed by atoms with Gasteiger partial charge in [0.05, 0.1) is 11.4 Å². The summed E-state index contributed by atoms with van der Waals surface area (Å²) < 4.78 is 6.47. The van der Waals surface area contributed by atoms with Crippen LogP contribution in [0.1, 0.15) is 51.2 Å². The summed E-state index contributed by atoms with van der Waals surface area (Å²) in [5, 5.41) is 2.32. The Morgan fingerprint density at radius 3 is 2.44 bits per heavy atom. The number of rotatable bonds is 5. The van der Waals surface area contributed by atoms with E-state index in [1.165, 1.54) is 11.3 Å². The van der Waals surface area contributed by atoms with E-state index in [-0.39, 0.29) is 17.0 Å². The first kappa shape index (κ1) is 24.0. The second-order valence-electron chi connectivity index (χ2n) is 11.4. The molecule has 4 nitrogen and oxygen atoms in total. The summed E-state index contributed by atoms with van der Waals surface area (Å²) in [5.41, 5.74) is 7.83. The van der Waals surface area contributed by atoms with Crippen LogP contribution < -0.4 is 9.80 Å². The van der Waals surface area contributed by atoms with Gasteiger partial charge in [0, 0.05) is 39.1 Å². The van der Waals surface area contributed by atoms with Gasteiger partial charge >= 0.3 is 0 Å². The van der Waals surface area contributed by atoms with Gasteiger partial charge in [0.2, 0.25) is 0 Å². The van der Waals surface area contributed by atoms with E-state index in [1.807, 2.05) is 12.3 Å². The van der Waals surface area contributed by atoms with Crippen molar-refractivity contribution in [1.82, 2.24) is 4.98 Å². The molecule has 0 saturated heterocycles. The Hall–Kier alpha value is -4.05. The lowest BCUT2D eigenvalue weighted by Gasteiger charge is -2.60. The number of nitrogens with zero attached hydrogens (tertiary/aromatic N) is 3. The van der Waals surface area contributed by atoms with E-state index < -0.39 is 0 Å². The summed E-state index contributed by atoms with van der Waals surface area (Å²) in [5.74, 6) is 1.00. The summed E-state index contributed by atoms with van der Waals surface area (Å²) >= 11 is 0. The Bertz CT molecular complexity index is 1750. The molecule has 0 fully saturated rings. The molecule has 0 aliphatic carbocycles. The third kappa shape index (κ3) is 2.92. The first-order valence-electron chi connectivity index (χ1n) is 14.2. The van der Waals surface area contributed by atoms with Crippen molar-refractivity contribution < 1.29 is 4.42 Å². The summed E-state index contributed by atoms with van der Waals surface area (Å²) in [6, 6.07) is 26.1. The Labute approximate surface area is 230 Å². The van der Waals surface area contributed by atoms with Gasteiger partial charge in [-0.15, -0.1) is 6.58 Å². The number of anilines is 4. The zero-order valence-electron chi connectivity index (χ0n) is 23.2. The highest BCUT2D eigenvalue weighted by Gasteiger charge is 2.62. The van der Waals surface area contributed by atoms with Crippen LogP contribution in [0.3, 0.4) is 0 Å². The molecule has 196 valence electrons. The van der Waals surface area contributed by atoms with Gasteiger partial charge in [0.1, 0.15) is 17.3 Å². The van der Waals surface area contributed by atoms with Crippen molar-refractivity contribution in [2.45, 2.75) is 58.5 Å². The van der Waals surface area contributed by atoms with Crippen LogP contribution in [-0.4, -0.2) is 11.1 Å². The average Bonchev–Trinajstić information content (AvgIpc) is 3.53. The second kappa shape index (κ2) is 8.47. The maximum atomic E-state index is 6.47. The highest BCUT2D eigenvalue weighted by atomic mass is 16.3. The maximum absolute atomic E-state index is 6.47. The lowest BCUT2D eigenvalue weighted by atomic mass is 9.52. The highest BCUT2D eigenvalue weighted by Crippen LogP contribution is 2.65. The van der Waals surface area contributed by atoms with Crippen LogP contribution >= 0.6 is 0 Å². The molecule has 7 rings (SSSR count). The zero-order chi connectivity index (χ0) is 26.9. The Morgan fingerprint density at radius 2 is 1.64 bits per heavy atom. The largest absolute Gasteiger partial charge is 0.456 e. The van der Waals surface area contributed by atoms with E-state index in [9.17, 15) is 0 Å². The number of hydrogen-bond donors (Lipinski definition) is 0. The van der Waals surface area contributed by atoms with E-state index >= 15 is 0 Å². The van der Waals surface area contributed by atoms with Crippen molar-refractivity contribution in [1.29, 1.82) is 0 Å². The normalized spacial score (nSPS) is 23.6. The minimum Gasteiger partial charge on any atom is -0.456 e. The first-order valence-corrected chi connectivity index (χ1v) is 14.2. The van der Waals surface area contributed by atoms with Crippen LogP contribution in [0, 0.1) is 12.3 Å². The van der Waals surface area contributed by atoms with Gasteiger partial charge in [-0.3, -0.25) is 0 Å². The van der Waals surface area contributed by atoms with Gasteiger partial charge in [-0.05, 0) is 68.1 Å². The molecule has 0 radical (unpaired) electrons. The van der Waals surface area contributed by atoms with Crippen LogP contribution in [0.5, 0.6) is 0 Å². The highest BCUT2D eigenvalue weighted by molar-refractivity contribution is 6.07. The molecule has 0 bridgehead atoms. The Morgan fingerprint density at radius 1 is 0.872 bits per heavy atom. The SMILES string of the molecule is C=CCC1(CC)c2ccccc2N2c3cccnc3N(c3ccc4c(oc5ccccc54)c3C)C2C1(C)CC. The number of para-hydroxylation sites is 2. The lowest BCUT2D eigenvalue weighted by molar-refractivity contribution is 0.0831. The number of benzene rings is 3. The van der Waals surface area contributed by atoms with Gasteiger partial charge in [-0.25, -0.2) is 4.98 Å². The van der Waals surface area contributed by atoms with E-state index in [2.05, 4.69) is 117 Å². The third-order valence-electron chi connectivity index (χ3n) is 9.94. The molecule has 0 spiro atoms. The predicted molar refractivity (Wildman–Crippen MR) is 162 cm³/mol. The minimum absolute atomic E-state index is 0.0442. The molecule has 3 atom stereocenters. The molecular formula is C35H35N3O. The molecule has 5 aromatic rings. The number of fused-ring (bicyclic) bond motifs is 8. The number of allylic oxidation sites excluding steroid dienone is 1. The van der Waals surface area contributed by atoms with Crippen molar-refractivity contribution in [3.05, 3.63) is 103 Å². The maximum Gasteiger partial charge on any atom is 0.158 e. The fourth-order valence-electron chi connectivity index (χ4n) is 7.87. The molecule has 2 aliphatic heterocycles. The average molecular weight is 514 g/mol. The van der Waals surface area contributed by atoms with Gasteiger partial charge < -0.3 is 14.2 Å². The predicted octanol–water partition coefficient (Wildman–Crippen LogP) is 9.56. The summed E-state index contributed by atoms with van der Waals surface area (Å²) in [6.45, 7) is 13.6. The van der Waals surface area contributed by atoms with Crippen molar-refractivity contribution in [2.75, 3.05) is 9.80 Å². The van der Waals surface area contributed by atoms with Gasteiger partial charge in [0.25, 0.3) is 0 Å². The number of furan rings is 1. The molecule has 3 unspecified atom stereocenters. The second-order valence-corrected chi connectivity index (χ2v) is 11.4. The van der Waals surface area contributed by atoms with Crippen molar-refractivity contribution in [3.63, 3.8) is 0 Å². The van der Waals surface area contributed by atoms with Crippen LogP contribution in [0.4, 0.5) is 22.9 Å². The molecule has 2 aliphatic rings. The standard InChI is InChI=1S/C35H35N3O/c1-6-21-35(8-3)26-15-10-11-16-28(26)37-29-17-13-22-36-32(29)38(33(37)34(35,5)7-2)27-20-19-25-24-14-9-12-18-30(24)39-31(25)23(27)4/h6,9-20,22,33H,1,7-8,21H2,2-5H3. The van der Waals surface area contributed by atoms with Crippen LogP contribution in [0.2, 0.25) is 0 Å². The van der Waals surface area contributed by atoms with Crippen molar-refractivity contribution in [2.24, 2.45) is 5.41 Å². The Kier molecular flexibility index (Phi) is 5.22. The van der Waals surface area contributed by atoms with Crippen molar-refractivity contribution >= 4 is 44.8 Å². The molecule has 3 aromatic carbocycles. The number of hydrogen-bond acceptors (Lipinski definition) is 4. The lowest BCUT2D eigenvalue weighted by Crippen LogP contribution is -2.63. The van der Waals surface area contributed by atoms with E-state index in [4.69, 9.17) is 9.40 Å².